The highest BCUT2D eigenvalue weighted by molar-refractivity contribution is 5.76. The molecule has 6 heteroatoms. The van der Waals surface area contributed by atoms with Crippen LogP contribution in [0.3, 0.4) is 0 Å². The van der Waals surface area contributed by atoms with Crippen LogP contribution in [0.15, 0.2) is 6.07 Å². The van der Waals surface area contributed by atoms with Crippen LogP contribution in [-0.2, 0) is 16.1 Å². The van der Waals surface area contributed by atoms with E-state index in [0.29, 0.717) is 19.4 Å². The molecule has 1 amide bonds. The van der Waals surface area contributed by atoms with Crippen molar-refractivity contribution in [3.05, 3.63) is 17.5 Å². The SMILES string of the molecule is Cc1cc(C)n(CCC(=O)NC(C)CCC(=O)O)n1. The Labute approximate surface area is 112 Å². The molecule has 0 saturated heterocycles. The van der Waals surface area contributed by atoms with Gasteiger partial charge >= 0.3 is 5.97 Å². The Morgan fingerprint density at radius 2 is 2.11 bits per heavy atom. The van der Waals surface area contributed by atoms with E-state index < -0.39 is 5.97 Å². The summed E-state index contributed by atoms with van der Waals surface area (Å²) in [5.74, 6) is -0.922. The van der Waals surface area contributed by atoms with E-state index in [1.54, 1.807) is 4.68 Å². The molecular weight excluding hydrogens is 246 g/mol. The van der Waals surface area contributed by atoms with Crippen LogP contribution in [0.4, 0.5) is 0 Å². The third-order valence-electron chi connectivity index (χ3n) is 2.85. The van der Waals surface area contributed by atoms with Crippen molar-refractivity contribution in [2.24, 2.45) is 0 Å². The molecule has 0 saturated carbocycles. The lowest BCUT2D eigenvalue weighted by Gasteiger charge is -2.13. The van der Waals surface area contributed by atoms with Crippen molar-refractivity contribution >= 4 is 11.9 Å². The Balaban J connectivity index is 2.31. The quantitative estimate of drug-likeness (QED) is 0.779. The van der Waals surface area contributed by atoms with Crippen LogP contribution in [-0.4, -0.2) is 32.8 Å². The summed E-state index contributed by atoms with van der Waals surface area (Å²) < 4.78 is 1.80. The van der Waals surface area contributed by atoms with Gasteiger partial charge in [0.15, 0.2) is 0 Å². The number of carboxylic acid groups (broad SMARTS) is 1. The summed E-state index contributed by atoms with van der Waals surface area (Å²) in [5.41, 5.74) is 1.97. The Morgan fingerprint density at radius 1 is 1.42 bits per heavy atom. The topological polar surface area (TPSA) is 84.2 Å². The summed E-state index contributed by atoms with van der Waals surface area (Å²) >= 11 is 0. The van der Waals surface area contributed by atoms with Gasteiger partial charge in [-0.25, -0.2) is 0 Å². The smallest absolute Gasteiger partial charge is 0.303 e. The molecule has 0 aliphatic rings. The lowest BCUT2D eigenvalue weighted by molar-refractivity contribution is -0.137. The van der Waals surface area contributed by atoms with E-state index in [2.05, 4.69) is 10.4 Å². The highest BCUT2D eigenvalue weighted by Gasteiger charge is 2.10. The fourth-order valence-corrected chi connectivity index (χ4v) is 1.87. The van der Waals surface area contributed by atoms with Gasteiger partial charge in [-0.1, -0.05) is 0 Å². The van der Waals surface area contributed by atoms with Crippen molar-refractivity contribution in [1.82, 2.24) is 15.1 Å². The summed E-state index contributed by atoms with van der Waals surface area (Å²) in [4.78, 5) is 22.1. The van der Waals surface area contributed by atoms with Gasteiger partial charge < -0.3 is 10.4 Å². The molecule has 6 nitrogen and oxygen atoms in total. The first kappa shape index (κ1) is 15.2. The average molecular weight is 267 g/mol. The molecule has 0 radical (unpaired) electrons. The molecular formula is C13H21N3O3. The first-order valence-electron chi connectivity index (χ1n) is 6.40. The number of nitrogens with one attached hydrogen (secondary N) is 1. The van der Waals surface area contributed by atoms with Crippen LogP contribution < -0.4 is 5.32 Å². The van der Waals surface area contributed by atoms with Crippen LogP contribution in [0.2, 0.25) is 0 Å². The zero-order valence-electron chi connectivity index (χ0n) is 11.6. The second-order valence-corrected chi connectivity index (χ2v) is 4.80. The monoisotopic (exact) mass is 267 g/mol. The van der Waals surface area contributed by atoms with Gasteiger partial charge in [0.05, 0.1) is 5.69 Å². The number of nitrogens with zero attached hydrogens (tertiary/aromatic N) is 2. The number of amides is 1. The van der Waals surface area contributed by atoms with E-state index in [-0.39, 0.29) is 18.4 Å². The predicted octanol–water partition coefficient (Wildman–Crippen LogP) is 1.26. The first-order valence-corrected chi connectivity index (χ1v) is 6.40. The van der Waals surface area contributed by atoms with Crippen LogP contribution in [0.1, 0.15) is 37.6 Å². The fourth-order valence-electron chi connectivity index (χ4n) is 1.87. The highest BCUT2D eigenvalue weighted by Crippen LogP contribution is 2.03. The number of carbonyl (C=O) groups is 2. The average Bonchev–Trinajstić information content (AvgIpc) is 2.62. The lowest BCUT2D eigenvalue weighted by Crippen LogP contribution is -2.33. The summed E-state index contributed by atoms with van der Waals surface area (Å²) in [6, 6.07) is 1.84. The standard InChI is InChI=1S/C13H21N3O3/c1-9(4-5-13(18)19)14-12(17)6-7-16-11(3)8-10(2)15-16/h8-9H,4-7H2,1-3H3,(H,14,17)(H,18,19). The molecule has 1 unspecified atom stereocenters. The molecule has 0 aromatic carbocycles. The van der Waals surface area contributed by atoms with E-state index in [4.69, 9.17) is 5.11 Å². The van der Waals surface area contributed by atoms with Gasteiger partial charge in [-0.05, 0) is 33.3 Å². The zero-order chi connectivity index (χ0) is 14.4. The number of rotatable bonds is 7. The third-order valence-corrected chi connectivity index (χ3v) is 2.85. The predicted molar refractivity (Wildman–Crippen MR) is 70.8 cm³/mol. The van der Waals surface area contributed by atoms with Crippen molar-refractivity contribution in [1.29, 1.82) is 0 Å². The normalized spacial score (nSPS) is 12.2. The number of aromatic nitrogens is 2. The molecule has 0 bridgehead atoms. The molecule has 1 aromatic heterocycles. The summed E-state index contributed by atoms with van der Waals surface area (Å²) in [6.07, 6.45) is 0.860. The molecule has 1 rings (SSSR count). The summed E-state index contributed by atoms with van der Waals surface area (Å²) in [6.45, 7) is 6.21. The van der Waals surface area contributed by atoms with E-state index in [0.717, 1.165) is 11.4 Å². The van der Waals surface area contributed by atoms with Gasteiger partial charge in [-0.15, -0.1) is 0 Å². The van der Waals surface area contributed by atoms with Gasteiger partial charge in [0.1, 0.15) is 0 Å². The van der Waals surface area contributed by atoms with Crippen molar-refractivity contribution in [3.8, 4) is 0 Å². The van der Waals surface area contributed by atoms with E-state index >= 15 is 0 Å². The number of aryl methyl sites for hydroxylation is 3. The Kier molecular flexibility index (Phi) is 5.54. The fraction of sp³-hybridized carbons (Fsp3) is 0.615. The molecule has 106 valence electrons. The van der Waals surface area contributed by atoms with Crippen LogP contribution >= 0.6 is 0 Å². The van der Waals surface area contributed by atoms with Crippen LogP contribution in [0.25, 0.3) is 0 Å². The Hall–Kier alpha value is -1.85. The van der Waals surface area contributed by atoms with Crippen LogP contribution in [0.5, 0.6) is 0 Å². The maximum Gasteiger partial charge on any atom is 0.303 e. The number of hydrogen-bond acceptors (Lipinski definition) is 3. The number of carbonyl (C=O) groups excluding carboxylic acids is 1. The van der Waals surface area contributed by atoms with Gasteiger partial charge in [0.2, 0.25) is 5.91 Å². The first-order chi connectivity index (χ1) is 8.88. The molecule has 0 aliphatic heterocycles. The number of hydrogen-bond donors (Lipinski definition) is 2. The van der Waals surface area contributed by atoms with Crippen molar-refractivity contribution in [2.75, 3.05) is 0 Å². The maximum atomic E-state index is 11.7. The molecule has 1 heterocycles. The van der Waals surface area contributed by atoms with E-state index in [1.165, 1.54) is 0 Å². The lowest BCUT2D eigenvalue weighted by atomic mass is 10.2. The molecule has 2 N–H and O–H groups in total. The molecule has 0 aliphatic carbocycles. The molecule has 1 atom stereocenters. The summed E-state index contributed by atoms with van der Waals surface area (Å²) in [5, 5.41) is 15.6. The highest BCUT2D eigenvalue weighted by atomic mass is 16.4. The second kappa shape index (κ2) is 6.92. The van der Waals surface area contributed by atoms with Gasteiger partial charge in [0.25, 0.3) is 0 Å². The van der Waals surface area contributed by atoms with E-state index in [1.807, 2.05) is 26.8 Å². The number of carboxylic acids is 1. The Morgan fingerprint density at radius 3 is 2.63 bits per heavy atom. The molecule has 0 spiro atoms. The van der Waals surface area contributed by atoms with Crippen molar-refractivity contribution in [3.63, 3.8) is 0 Å². The zero-order valence-corrected chi connectivity index (χ0v) is 11.6. The summed E-state index contributed by atoms with van der Waals surface area (Å²) in [7, 11) is 0. The van der Waals surface area contributed by atoms with Crippen molar-refractivity contribution in [2.45, 2.75) is 52.6 Å². The minimum Gasteiger partial charge on any atom is -0.481 e. The van der Waals surface area contributed by atoms with Crippen LogP contribution in [0, 0.1) is 13.8 Å². The van der Waals surface area contributed by atoms with Crippen molar-refractivity contribution < 1.29 is 14.7 Å². The maximum absolute atomic E-state index is 11.7. The van der Waals surface area contributed by atoms with Gasteiger partial charge in [-0.3, -0.25) is 14.3 Å². The molecule has 19 heavy (non-hydrogen) atoms. The van der Waals surface area contributed by atoms with E-state index in [9.17, 15) is 9.59 Å². The van der Waals surface area contributed by atoms with Gasteiger partial charge in [0, 0.05) is 31.1 Å². The molecule has 0 fully saturated rings. The minimum atomic E-state index is -0.844. The molecule has 1 aromatic rings. The largest absolute Gasteiger partial charge is 0.481 e. The third kappa shape index (κ3) is 5.54. The minimum absolute atomic E-state index is 0.0684. The number of aliphatic carboxylic acids is 1. The Bertz CT molecular complexity index is 454. The second-order valence-electron chi connectivity index (χ2n) is 4.80. The van der Waals surface area contributed by atoms with Gasteiger partial charge in [-0.2, -0.15) is 5.10 Å².